The number of hydrogen-bond donors (Lipinski definition) is 2. The van der Waals surface area contributed by atoms with Gasteiger partial charge in [-0.05, 0) is 31.5 Å². The monoisotopic (exact) mass is 252 g/mol. The zero-order valence-electron chi connectivity index (χ0n) is 11.2. The number of amides is 1. The molecule has 0 bridgehead atoms. The van der Waals surface area contributed by atoms with E-state index in [1.165, 1.54) is 14.2 Å². The number of ether oxygens (including phenoxy) is 2. The molecule has 0 radical (unpaired) electrons. The van der Waals surface area contributed by atoms with E-state index in [-0.39, 0.29) is 0 Å². The molecule has 0 heterocycles. The van der Waals surface area contributed by atoms with Gasteiger partial charge in [0.25, 0.3) is 0 Å². The number of rotatable bonds is 6. The van der Waals surface area contributed by atoms with Crippen LogP contribution < -0.4 is 11.1 Å². The number of carbonyl (C=O) groups excluding carboxylic acids is 1. The lowest BCUT2D eigenvalue weighted by atomic mass is 9.99. The van der Waals surface area contributed by atoms with Gasteiger partial charge in [0, 0.05) is 19.9 Å². The van der Waals surface area contributed by atoms with Gasteiger partial charge >= 0.3 is 0 Å². The minimum Gasteiger partial charge on any atom is -0.367 e. The first kappa shape index (κ1) is 14.5. The maximum atomic E-state index is 11.7. The highest BCUT2D eigenvalue weighted by molar-refractivity contribution is 5.88. The molecule has 0 saturated heterocycles. The summed E-state index contributed by atoms with van der Waals surface area (Å²) in [5, 5.41) is 3.07. The highest BCUT2D eigenvalue weighted by Crippen LogP contribution is 2.21. The fourth-order valence-corrected chi connectivity index (χ4v) is 1.83. The number of benzene rings is 1. The molecule has 1 unspecified atom stereocenters. The summed E-state index contributed by atoms with van der Waals surface area (Å²) in [6, 6.07) is 7.64. The van der Waals surface area contributed by atoms with Gasteiger partial charge in [-0.2, -0.15) is 0 Å². The molecule has 0 aliphatic rings. The summed E-state index contributed by atoms with van der Waals surface area (Å²) in [5.74, 6) is -0.544. The summed E-state index contributed by atoms with van der Waals surface area (Å²) < 4.78 is 10.3. The molecule has 3 N–H and O–H groups in total. The van der Waals surface area contributed by atoms with Crippen LogP contribution in [0.25, 0.3) is 0 Å². The molecular formula is C13H20N2O3. The van der Waals surface area contributed by atoms with Crippen LogP contribution in [0, 0.1) is 6.92 Å². The second kappa shape index (κ2) is 5.84. The van der Waals surface area contributed by atoms with Crippen molar-refractivity contribution in [2.45, 2.75) is 25.7 Å². The molecular weight excluding hydrogens is 232 g/mol. The predicted octanol–water partition coefficient (Wildman–Crippen LogP) is 1.27. The molecule has 18 heavy (non-hydrogen) atoms. The summed E-state index contributed by atoms with van der Waals surface area (Å²) in [5.41, 5.74) is 6.17. The lowest BCUT2D eigenvalue weighted by molar-refractivity contribution is -0.155. The van der Waals surface area contributed by atoms with E-state index in [0.29, 0.717) is 0 Å². The molecule has 1 rings (SSSR count). The Kier molecular flexibility index (Phi) is 4.69. The third-order valence-corrected chi connectivity index (χ3v) is 2.83. The Labute approximate surface area is 107 Å². The van der Waals surface area contributed by atoms with Gasteiger partial charge in [0.1, 0.15) is 0 Å². The first-order chi connectivity index (χ1) is 8.43. The van der Waals surface area contributed by atoms with Crippen LogP contribution in [-0.4, -0.2) is 32.0 Å². The lowest BCUT2D eigenvalue weighted by Gasteiger charge is -2.34. The summed E-state index contributed by atoms with van der Waals surface area (Å²) in [6.07, 6.45) is -0.768. The topological polar surface area (TPSA) is 73.6 Å². The summed E-state index contributed by atoms with van der Waals surface area (Å²) in [7, 11) is 2.93. The van der Waals surface area contributed by atoms with E-state index in [2.05, 4.69) is 5.32 Å². The maximum absolute atomic E-state index is 11.7. The van der Waals surface area contributed by atoms with Crippen LogP contribution in [0.4, 0.5) is 5.69 Å². The van der Waals surface area contributed by atoms with Gasteiger partial charge in [0.15, 0.2) is 11.8 Å². The molecule has 0 aromatic heterocycles. The molecule has 1 atom stereocenters. The highest BCUT2D eigenvalue weighted by atomic mass is 16.7. The van der Waals surface area contributed by atoms with Crippen molar-refractivity contribution >= 4 is 11.6 Å². The molecule has 100 valence electrons. The van der Waals surface area contributed by atoms with Gasteiger partial charge in [0.05, 0.1) is 0 Å². The number of hydrogen-bond acceptors (Lipinski definition) is 4. The molecule has 0 aliphatic carbocycles. The first-order valence-corrected chi connectivity index (χ1v) is 5.64. The van der Waals surface area contributed by atoms with Crippen molar-refractivity contribution in [2.24, 2.45) is 5.73 Å². The molecule has 0 fully saturated rings. The van der Waals surface area contributed by atoms with E-state index in [4.69, 9.17) is 15.2 Å². The van der Waals surface area contributed by atoms with Gasteiger partial charge in [-0.3, -0.25) is 4.79 Å². The standard InChI is InChI=1S/C13H20N2O3/c1-9-6-5-7-10(8-9)15-13(2,11(14)16)12(17-3)18-4/h5-8,12,15H,1-4H3,(H2,14,16). The molecule has 5 nitrogen and oxygen atoms in total. The van der Waals surface area contributed by atoms with E-state index >= 15 is 0 Å². The van der Waals surface area contributed by atoms with E-state index in [1.807, 2.05) is 31.2 Å². The Morgan fingerprint density at radius 2 is 2.00 bits per heavy atom. The number of nitrogens with one attached hydrogen (secondary N) is 1. The van der Waals surface area contributed by atoms with Crippen molar-refractivity contribution in [2.75, 3.05) is 19.5 Å². The Hall–Kier alpha value is -1.59. The Balaban J connectivity index is 3.03. The number of anilines is 1. The van der Waals surface area contributed by atoms with Crippen LogP contribution in [-0.2, 0) is 14.3 Å². The zero-order valence-corrected chi connectivity index (χ0v) is 11.2. The molecule has 0 spiro atoms. The normalized spacial score (nSPS) is 14.3. The Morgan fingerprint density at radius 3 is 2.44 bits per heavy atom. The van der Waals surface area contributed by atoms with E-state index in [0.717, 1.165) is 11.3 Å². The van der Waals surface area contributed by atoms with E-state index in [9.17, 15) is 4.79 Å². The zero-order chi connectivity index (χ0) is 13.8. The second-order valence-corrected chi connectivity index (χ2v) is 4.36. The predicted molar refractivity (Wildman–Crippen MR) is 70.2 cm³/mol. The number of primary amides is 1. The van der Waals surface area contributed by atoms with Crippen LogP contribution in [0.15, 0.2) is 24.3 Å². The van der Waals surface area contributed by atoms with Gasteiger partial charge in [-0.15, -0.1) is 0 Å². The average molecular weight is 252 g/mol. The largest absolute Gasteiger partial charge is 0.367 e. The SMILES string of the molecule is COC(OC)C(C)(Nc1cccc(C)c1)C(N)=O. The van der Waals surface area contributed by atoms with Crippen molar-refractivity contribution in [3.63, 3.8) is 0 Å². The second-order valence-electron chi connectivity index (χ2n) is 4.36. The van der Waals surface area contributed by atoms with Crippen molar-refractivity contribution < 1.29 is 14.3 Å². The van der Waals surface area contributed by atoms with Crippen LogP contribution >= 0.6 is 0 Å². The summed E-state index contributed by atoms with van der Waals surface area (Å²) in [4.78, 5) is 11.7. The van der Waals surface area contributed by atoms with Crippen molar-refractivity contribution in [1.82, 2.24) is 0 Å². The van der Waals surface area contributed by atoms with Crippen LogP contribution in [0.2, 0.25) is 0 Å². The quantitative estimate of drug-likeness (QED) is 0.748. The third kappa shape index (κ3) is 3.00. The minimum atomic E-state index is -1.14. The average Bonchev–Trinajstić information content (AvgIpc) is 2.30. The molecule has 5 heteroatoms. The molecule has 1 amide bonds. The Morgan fingerprint density at radius 1 is 1.39 bits per heavy atom. The maximum Gasteiger partial charge on any atom is 0.248 e. The minimum absolute atomic E-state index is 0.544. The summed E-state index contributed by atoms with van der Waals surface area (Å²) in [6.45, 7) is 3.62. The number of methoxy groups -OCH3 is 2. The third-order valence-electron chi connectivity index (χ3n) is 2.83. The molecule has 1 aromatic rings. The van der Waals surface area contributed by atoms with Gasteiger partial charge < -0.3 is 20.5 Å². The van der Waals surface area contributed by atoms with Crippen molar-refractivity contribution in [3.8, 4) is 0 Å². The Bertz CT molecular complexity index is 418. The molecule has 0 aliphatic heterocycles. The van der Waals surface area contributed by atoms with Crippen LogP contribution in [0.1, 0.15) is 12.5 Å². The van der Waals surface area contributed by atoms with Gasteiger partial charge in [-0.1, -0.05) is 12.1 Å². The smallest absolute Gasteiger partial charge is 0.248 e. The van der Waals surface area contributed by atoms with Crippen molar-refractivity contribution in [3.05, 3.63) is 29.8 Å². The van der Waals surface area contributed by atoms with Gasteiger partial charge in [0.2, 0.25) is 5.91 Å². The molecule has 0 saturated carbocycles. The number of aryl methyl sites for hydroxylation is 1. The fourth-order valence-electron chi connectivity index (χ4n) is 1.83. The van der Waals surface area contributed by atoms with E-state index in [1.54, 1.807) is 6.92 Å². The molecule has 1 aromatic carbocycles. The lowest BCUT2D eigenvalue weighted by Crippen LogP contribution is -2.57. The van der Waals surface area contributed by atoms with Gasteiger partial charge in [-0.25, -0.2) is 0 Å². The van der Waals surface area contributed by atoms with Crippen LogP contribution in [0.5, 0.6) is 0 Å². The first-order valence-electron chi connectivity index (χ1n) is 5.64. The summed E-state index contributed by atoms with van der Waals surface area (Å²) >= 11 is 0. The highest BCUT2D eigenvalue weighted by Gasteiger charge is 2.41. The van der Waals surface area contributed by atoms with Crippen LogP contribution in [0.3, 0.4) is 0 Å². The fraction of sp³-hybridized carbons (Fsp3) is 0.462. The van der Waals surface area contributed by atoms with Crippen molar-refractivity contribution in [1.29, 1.82) is 0 Å². The van der Waals surface area contributed by atoms with E-state index < -0.39 is 17.7 Å². The number of nitrogens with two attached hydrogens (primary N) is 1. The number of carbonyl (C=O) groups is 1.